The molecule has 34 heavy (non-hydrogen) atoms. The first-order valence-corrected chi connectivity index (χ1v) is 11.3. The van der Waals surface area contributed by atoms with Crippen LogP contribution in [0.2, 0.25) is 0 Å². The molecule has 1 saturated heterocycles. The molecule has 5 rings (SSSR count). The standard InChI is InChI=1S/C25H23N5O4/c26-13-15-2-4-17(5-3-15)25(10-1-11-25)29-24(34)27-18-6-7-19-16(12-18)14-30(23(19)33)20-8-9-21(31)28-22(20)32/h2-7,12,20H,1,8-11,14H2,(H2,27,29,34)(H,28,31,32). The van der Waals surface area contributed by atoms with Crippen molar-refractivity contribution in [3.8, 4) is 6.07 Å². The van der Waals surface area contributed by atoms with Gasteiger partial charge in [0.2, 0.25) is 11.8 Å². The Kier molecular flexibility index (Phi) is 5.28. The first-order chi connectivity index (χ1) is 16.4. The Morgan fingerprint density at radius 3 is 2.53 bits per heavy atom. The number of rotatable bonds is 4. The highest BCUT2D eigenvalue weighted by Gasteiger charge is 2.41. The maximum absolute atomic E-state index is 12.8. The third-order valence-corrected chi connectivity index (χ3v) is 6.91. The summed E-state index contributed by atoms with van der Waals surface area (Å²) in [4.78, 5) is 50.8. The van der Waals surface area contributed by atoms with Crippen molar-refractivity contribution < 1.29 is 19.2 Å². The fourth-order valence-electron chi connectivity index (χ4n) is 4.91. The highest BCUT2D eigenvalue weighted by Crippen LogP contribution is 2.41. The fraction of sp³-hybridized carbons (Fsp3) is 0.320. The average molecular weight is 457 g/mol. The number of piperidine rings is 1. The van der Waals surface area contributed by atoms with Gasteiger partial charge in [0.1, 0.15) is 6.04 Å². The number of fused-ring (bicyclic) bond motifs is 1. The molecule has 0 aromatic heterocycles. The summed E-state index contributed by atoms with van der Waals surface area (Å²) >= 11 is 0. The third kappa shape index (κ3) is 3.77. The summed E-state index contributed by atoms with van der Waals surface area (Å²) < 4.78 is 0. The first kappa shape index (κ1) is 21.6. The molecule has 5 amide bonds. The van der Waals surface area contributed by atoms with Gasteiger partial charge < -0.3 is 15.5 Å². The predicted molar refractivity (Wildman–Crippen MR) is 121 cm³/mol. The molecule has 1 unspecified atom stereocenters. The average Bonchev–Trinajstić information content (AvgIpc) is 3.12. The quantitative estimate of drug-likeness (QED) is 0.607. The Bertz CT molecular complexity index is 1240. The maximum atomic E-state index is 12.8. The Morgan fingerprint density at radius 2 is 1.88 bits per heavy atom. The van der Waals surface area contributed by atoms with E-state index in [1.165, 1.54) is 4.90 Å². The summed E-state index contributed by atoms with van der Waals surface area (Å²) in [6.45, 7) is 0.243. The maximum Gasteiger partial charge on any atom is 0.319 e. The molecule has 2 aromatic rings. The van der Waals surface area contributed by atoms with Gasteiger partial charge in [-0.2, -0.15) is 5.26 Å². The van der Waals surface area contributed by atoms with E-state index in [-0.39, 0.29) is 30.8 Å². The largest absolute Gasteiger partial charge is 0.328 e. The molecule has 9 nitrogen and oxygen atoms in total. The van der Waals surface area contributed by atoms with E-state index in [0.717, 1.165) is 30.4 Å². The van der Waals surface area contributed by atoms with Gasteiger partial charge in [0.15, 0.2) is 0 Å². The second kappa shape index (κ2) is 8.30. The van der Waals surface area contributed by atoms with Crippen molar-refractivity contribution >= 4 is 29.4 Å². The Balaban J connectivity index is 1.27. The molecular formula is C25H23N5O4. The summed E-state index contributed by atoms with van der Waals surface area (Å²) in [5, 5.41) is 17.3. The van der Waals surface area contributed by atoms with Crippen molar-refractivity contribution in [3.05, 3.63) is 64.7 Å². The van der Waals surface area contributed by atoms with E-state index in [9.17, 15) is 19.2 Å². The number of carbonyl (C=O) groups is 4. The summed E-state index contributed by atoms with van der Waals surface area (Å²) in [6, 6.07) is 13.4. The number of amides is 5. The molecule has 0 radical (unpaired) electrons. The first-order valence-electron chi connectivity index (χ1n) is 11.3. The lowest BCUT2D eigenvalue weighted by molar-refractivity contribution is -0.136. The van der Waals surface area contributed by atoms with Crippen molar-refractivity contribution in [1.82, 2.24) is 15.5 Å². The summed E-state index contributed by atoms with van der Waals surface area (Å²) in [6.07, 6.45) is 3.12. The van der Waals surface area contributed by atoms with Crippen molar-refractivity contribution in [2.45, 2.75) is 50.2 Å². The number of anilines is 1. The predicted octanol–water partition coefficient (Wildman–Crippen LogP) is 2.52. The van der Waals surface area contributed by atoms with E-state index >= 15 is 0 Å². The van der Waals surface area contributed by atoms with Gasteiger partial charge >= 0.3 is 6.03 Å². The Labute approximate surface area is 196 Å². The molecule has 2 heterocycles. The van der Waals surface area contributed by atoms with Gasteiger partial charge in [-0.1, -0.05) is 12.1 Å². The lowest BCUT2D eigenvalue weighted by Gasteiger charge is -2.43. The number of nitrogens with one attached hydrogen (secondary N) is 3. The molecule has 0 bridgehead atoms. The molecule has 1 saturated carbocycles. The van der Waals surface area contributed by atoms with E-state index in [4.69, 9.17) is 5.26 Å². The minimum atomic E-state index is -0.678. The molecular weight excluding hydrogens is 434 g/mol. The molecule has 1 atom stereocenters. The SMILES string of the molecule is N#Cc1ccc(C2(NC(=O)Nc3ccc4c(c3)CN(C3CCC(=O)NC3=O)C4=O)CCC2)cc1. The number of nitrogens with zero attached hydrogens (tertiary/aromatic N) is 2. The van der Waals surface area contributed by atoms with Gasteiger partial charge in [-0.3, -0.25) is 19.7 Å². The molecule has 3 aliphatic rings. The second-order valence-electron chi connectivity index (χ2n) is 8.98. The number of imide groups is 1. The summed E-state index contributed by atoms with van der Waals surface area (Å²) in [5.41, 5.74) is 2.83. The molecule has 2 aliphatic heterocycles. The van der Waals surface area contributed by atoms with Crippen LogP contribution in [0.3, 0.4) is 0 Å². The van der Waals surface area contributed by atoms with Crippen LogP contribution in [0.1, 0.15) is 59.2 Å². The van der Waals surface area contributed by atoms with Crippen LogP contribution in [0.4, 0.5) is 10.5 Å². The normalized spacial score (nSPS) is 20.6. The van der Waals surface area contributed by atoms with Crippen LogP contribution in [0.15, 0.2) is 42.5 Å². The van der Waals surface area contributed by atoms with Gasteiger partial charge in [0.05, 0.1) is 17.2 Å². The number of hydrogen-bond donors (Lipinski definition) is 3. The van der Waals surface area contributed by atoms with Crippen molar-refractivity contribution in [2.75, 3.05) is 5.32 Å². The van der Waals surface area contributed by atoms with Crippen LogP contribution < -0.4 is 16.0 Å². The summed E-state index contributed by atoms with van der Waals surface area (Å²) in [5.74, 6) is -1.04. The molecule has 9 heteroatoms. The monoisotopic (exact) mass is 457 g/mol. The number of nitriles is 1. The van der Waals surface area contributed by atoms with E-state index in [1.807, 2.05) is 12.1 Å². The van der Waals surface area contributed by atoms with Gasteiger partial charge in [0, 0.05) is 24.2 Å². The van der Waals surface area contributed by atoms with Crippen LogP contribution in [0.25, 0.3) is 0 Å². The molecule has 172 valence electrons. The molecule has 2 fully saturated rings. The lowest BCUT2D eigenvalue weighted by Crippen LogP contribution is -2.52. The van der Waals surface area contributed by atoms with Crippen molar-refractivity contribution in [3.63, 3.8) is 0 Å². The minimum Gasteiger partial charge on any atom is -0.328 e. The van der Waals surface area contributed by atoms with E-state index in [1.54, 1.807) is 30.3 Å². The van der Waals surface area contributed by atoms with Gasteiger partial charge in [0.25, 0.3) is 5.91 Å². The van der Waals surface area contributed by atoms with E-state index in [2.05, 4.69) is 22.0 Å². The van der Waals surface area contributed by atoms with E-state index in [0.29, 0.717) is 23.2 Å². The molecule has 0 spiro atoms. The number of carbonyl (C=O) groups excluding carboxylic acids is 4. The molecule has 2 aromatic carbocycles. The number of benzene rings is 2. The van der Waals surface area contributed by atoms with Gasteiger partial charge in [-0.05, 0) is 67.1 Å². The number of urea groups is 1. The Hall–Kier alpha value is -4.19. The van der Waals surface area contributed by atoms with Crippen molar-refractivity contribution in [1.29, 1.82) is 5.26 Å². The highest BCUT2D eigenvalue weighted by atomic mass is 16.2. The lowest BCUT2D eigenvalue weighted by atomic mass is 9.72. The molecule has 1 aliphatic carbocycles. The second-order valence-corrected chi connectivity index (χ2v) is 8.98. The highest BCUT2D eigenvalue weighted by molar-refractivity contribution is 6.05. The van der Waals surface area contributed by atoms with E-state index < -0.39 is 17.5 Å². The Morgan fingerprint density at radius 1 is 1.12 bits per heavy atom. The van der Waals surface area contributed by atoms with Crippen LogP contribution in [0, 0.1) is 11.3 Å². The van der Waals surface area contributed by atoms with Gasteiger partial charge in [-0.15, -0.1) is 0 Å². The number of hydrogen-bond acceptors (Lipinski definition) is 5. The fourth-order valence-corrected chi connectivity index (χ4v) is 4.91. The van der Waals surface area contributed by atoms with Crippen LogP contribution in [-0.2, 0) is 21.7 Å². The zero-order valence-electron chi connectivity index (χ0n) is 18.4. The smallest absolute Gasteiger partial charge is 0.319 e. The van der Waals surface area contributed by atoms with Gasteiger partial charge in [-0.25, -0.2) is 4.79 Å². The van der Waals surface area contributed by atoms with Crippen LogP contribution >= 0.6 is 0 Å². The van der Waals surface area contributed by atoms with Crippen molar-refractivity contribution in [2.24, 2.45) is 0 Å². The zero-order chi connectivity index (χ0) is 23.9. The van der Waals surface area contributed by atoms with Crippen LogP contribution in [-0.4, -0.2) is 34.7 Å². The zero-order valence-corrected chi connectivity index (χ0v) is 18.4. The minimum absolute atomic E-state index is 0.199. The summed E-state index contributed by atoms with van der Waals surface area (Å²) in [7, 11) is 0. The third-order valence-electron chi connectivity index (χ3n) is 6.91. The van der Waals surface area contributed by atoms with Crippen LogP contribution in [0.5, 0.6) is 0 Å². The topological polar surface area (TPSA) is 131 Å². The molecule has 3 N–H and O–H groups in total.